The number of esters is 2. The van der Waals surface area contributed by atoms with Crippen LogP contribution in [0.15, 0.2) is 66.7 Å². The molecular weight excluding hydrogens is 657 g/mol. The molecule has 11 nitrogen and oxygen atoms in total. The number of carbonyl (C=O) groups excluding carboxylic acids is 2. The van der Waals surface area contributed by atoms with Crippen LogP contribution < -0.4 is 18.4 Å². The zero-order valence-electron chi connectivity index (χ0n) is 29.2. The zero-order valence-corrected chi connectivity index (χ0v) is 30.1. The number of nitrogens with one attached hydrogen (secondary N) is 2. The summed E-state index contributed by atoms with van der Waals surface area (Å²) in [6.07, 6.45) is 1.66. The van der Waals surface area contributed by atoms with Gasteiger partial charge < -0.3 is 18.4 Å². The number of hydrogen-bond donors (Lipinski definition) is 2. The van der Waals surface area contributed by atoms with Crippen LogP contribution in [0.5, 0.6) is 17.4 Å². The monoisotopic (exact) mass is 698 g/mol. The third kappa shape index (κ3) is 7.11. The lowest BCUT2D eigenvalue weighted by molar-refractivity contribution is -0.0251. The van der Waals surface area contributed by atoms with Crippen molar-refractivity contribution in [2.24, 2.45) is 17.8 Å². The number of methoxy groups -OCH3 is 1. The fourth-order valence-corrected chi connectivity index (χ4v) is 7.59. The number of H-pyrrole nitrogens is 1. The van der Waals surface area contributed by atoms with Gasteiger partial charge in [0.25, 0.3) is 0 Å². The molecule has 6 rings (SSSR count). The lowest BCUT2D eigenvalue weighted by atomic mass is 9.75. The highest BCUT2D eigenvalue weighted by Crippen LogP contribution is 2.38. The Morgan fingerprint density at radius 3 is 2.40 bits per heavy atom. The van der Waals surface area contributed by atoms with Crippen LogP contribution in [0.2, 0.25) is 0 Å². The highest BCUT2D eigenvalue weighted by Gasteiger charge is 2.36. The van der Waals surface area contributed by atoms with E-state index in [1.807, 2.05) is 38.1 Å². The highest BCUT2D eigenvalue weighted by atomic mass is 32.2. The third-order valence-corrected chi connectivity index (χ3v) is 9.98. The average molecular weight is 699 g/mol. The number of ether oxygens (including phenoxy) is 3. The van der Waals surface area contributed by atoms with E-state index in [2.05, 4.69) is 30.6 Å². The summed E-state index contributed by atoms with van der Waals surface area (Å²) in [6.45, 7) is 12.0. The molecule has 3 atom stereocenters. The summed E-state index contributed by atoms with van der Waals surface area (Å²) in [6, 6.07) is 19.5. The van der Waals surface area contributed by atoms with Crippen LogP contribution in [-0.4, -0.2) is 44.0 Å². The topological polar surface area (TPSA) is 133 Å². The molecule has 1 aliphatic rings. The number of rotatable bonds is 10. The van der Waals surface area contributed by atoms with Crippen LogP contribution in [0.3, 0.4) is 0 Å². The van der Waals surface area contributed by atoms with Crippen LogP contribution in [0.1, 0.15) is 71.0 Å². The second-order valence-corrected chi connectivity index (χ2v) is 14.1. The van der Waals surface area contributed by atoms with E-state index in [4.69, 9.17) is 23.4 Å². The summed E-state index contributed by atoms with van der Waals surface area (Å²) in [5.41, 5.74) is 4.05. The van der Waals surface area contributed by atoms with Gasteiger partial charge in [0, 0.05) is 11.1 Å². The number of hydrogen-bond acceptors (Lipinski definition) is 8. The Morgan fingerprint density at radius 2 is 1.66 bits per heavy atom. The number of aryl methyl sites for hydroxylation is 2. The molecule has 2 heterocycles. The van der Waals surface area contributed by atoms with Gasteiger partial charge in [-0.3, -0.25) is 9.82 Å². The van der Waals surface area contributed by atoms with E-state index >= 15 is 0 Å². The first kappa shape index (κ1) is 34.8. The second-order valence-electron chi connectivity index (χ2n) is 13.3. The smallest absolute Gasteiger partial charge is 0.348 e. The van der Waals surface area contributed by atoms with Gasteiger partial charge in [0.15, 0.2) is 11.5 Å². The summed E-state index contributed by atoms with van der Waals surface area (Å²) in [5.74, 6) is 1.07. The fraction of sp³-hybridized carbons (Fsp3) is 0.342. The van der Waals surface area contributed by atoms with Gasteiger partial charge in [-0.25, -0.2) is 19.1 Å². The summed E-state index contributed by atoms with van der Waals surface area (Å²) in [7, 11) is 1.48. The molecule has 2 N–H and O–H groups in total. The van der Waals surface area contributed by atoms with Crippen LogP contribution in [0, 0.1) is 38.5 Å². The molecule has 1 aliphatic carbocycles. The number of para-hydroxylation sites is 1. The predicted molar refractivity (Wildman–Crippen MR) is 192 cm³/mol. The number of aromatic amines is 1. The van der Waals surface area contributed by atoms with E-state index < -0.39 is 23.2 Å². The number of nitrogens with zero attached hydrogens (tertiary/aromatic N) is 2. The fourth-order valence-electron chi connectivity index (χ4n) is 6.88. The Morgan fingerprint density at radius 1 is 0.920 bits per heavy atom. The summed E-state index contributed by atoms with van der Waals surface area (Å²) in [5, 5.41) is 3.20. The van der Waals surface area contributed by atoms with Crippen molar-refractivity contribution in [2.45, 2.75) is 60.5 Å². The molecule has 3 unspecified atom stereocenters. The number of fused-ring (bicyclic) bond motifs is 1. The number of anilines is 1. The van der Waals surface area contributed by atoms with Crippen molar-refractivity contribution in [1.82, 2.24) is 14.6 Å². The van der Waals surface area contributed by atoms with Crippen LogP contribution >= 0.6 is 0 Å². The van der Waals surface area contributed by atoms with Crippen LogP contribution in [0.4, 0.5) is 5.69 Å². The number of carbonyl (C=O) groups is 2. The molecule has 0 radical (unpaired) electrons. The molecule has 0 bridgehead atoms. The lowest BCUT2D eigenvalue weighted by Gasteiger charge is -2.37. The number of aromatic nitrogens is 3. The minimum absolute atomic E-state index is 0.0947. The molecule has 0 aliphatic heterocycles. The zero-order chi connectivity index (χ0) is 35.7. The van der Waals surface area contributed by atoms with Crippen LogP contribution in [0.25, 0.3) is 17.0 Å². The van der Waals surface area contributed by atoms with Crippen molar-refractivity contribution < 1.29 is 32.2 Å². The maximum absolute atomic E-state index is 14.0. The van der Waals surface area contributed by atoms with Gasteiger partial charge in [-0.15, -0.1) is 0 Å². The minimum Gasteiger partial charge on any atom is -0.496 e. The predicted octanol–water partition coefficient (Wildman–Crippen LogP) is 7.78. The van der Waals surface area contributed by atoms with E-state index in [1.54, 1.807) is 49.4 Å². The number of benzene rings is 3. The molecular formula is C38H42N4O7S. The standard InChI is InChI=1S/C38H42N4O7S/c1-21-15-16-23(3)31(19-21)49-50(45)41-28-12-10-11-27(20-28)34-39-35-32(38(44)47-33-24(4)17-22(2)18-25(33)5)26(6)36(42(35)40-34)48-37(43)29-13-8-9-14-30(29)46-7/h8-16,19-20,22,24-25,33,41H,17-18H2,1-7H3,(H,39,40). The Balaban J connectivity index is 1.34. The van der Waals surface area contributed by atoms with Crippen molar-refractivity contribution in [3.05, 3.63) is 94.5 Å². The molecule has 50 heavy (non-hydrogen) atoms. The Kier molecular flexibility index (Phi) is 10.0. The lowest BCUT2D eigenvalue weighted by Crippen LogP contribution is -2.37. The molecule has 2 aromatic heterocycles. The van der Waals surface area contributed by atoms with Gasteiger partial charge in [-0.2, -0.15) is 4.21 Å². The van der Waals surface area contributed by atoms with Gasteiger partial charge in [0.2, 0.25) is 5.88 Å². The molecule has 0 saturated heterocycles. The van der Waals surface area contributed by atoms with Crippen molar-refractivity contribution in [1.29, 1.82) is 0 Å². The Hall–Kier alpha value is -5.10. The van der Waals surface area contributed by atoms with Gasteiger partial charge in [0.1, 0.15) is 28.7 Å². The van der Waals surface area contributed by atoms with E-state index in [0.717, 1.165) is 24.0 Å². The van der Waals surface area contributed by atoms with E-state index in [9.17, 15) is 13.8 Å². The first-order valence-corrected chi connectivity index (χ1v) is 17.7. The van der Waals surface area contributed by atoms with Gasteiger partial charge >= 0.3 is 23.2 Å². The molecule has 262 valence electrons. The minimum atomic E-state index is -1.88. The quantitative estimate of drug-likeness (QED) is 0.141. The van der Waals surface area contributed by atoms with Gasteiger partial charge in [-0.1, -0.05) is 57.2 Å². The summed E-state index contributed by atoms with van der Waals surface area (Å²) < 4.78 is 40.5. The highest BCUT2D eigenvalue weighted by molar-refractivity contribution is 7.82. The molecule has 0 amide bonds. The molecule has 3 aromatic carbocycles. The van der Waals surface area contributed by atoms with Crippen molar-refractivity contribution in [3.63, 3.8) is 0 Å². The Bertz CT molecular complexity index is 2070. The first-order chi connectivity index (χ1) is 23.9. The van der Waals surface area contributed by atoms with E-state index in [1.165, 1.54) is 11.6 Å². The first-order valence-electron chi connectivity index (χ1n) is 16.6. The molecule has 0 spiro atoms. The van der Waals surface area contributed by atoms with Crippen molar-refractivity contribution in [2.75, 3.05) is 11.8 Å². The maximum atomic E-state index is 14.0. The molecule has 1 saturated carbocycles. The van der Waals surface area contributed by atoms with Crippen molar-refractivity contribution in [3.8, 4) is 28.8 Å². The maximum Gasteiger partial charge on any atom is 0.348 e. The second kappa shape index (κ2) is 14.4. The van der Waals surface area contributed by atoms with Crippen LogP contribution in [-0.2, 0) is 16.0 Å². The third-order valence-electron chi connectivity index (χ3n) is 9.25. The molecule has 12 heteroatoms. The molecule has 5 aromatic rings. The van der Waals surface area contributed by atoms with Gasteiger partial charge in [-0.05, 0) is 92.8 Å². The average Bonchev–Trinajstić information content (AvgIpc) is 3.61. The Labute approximate surface area is 294 Å². The SMILES string of the molecule is COc1ccccc1C(=O)Oc1c(C)c(C(=O)OC2C(C)CC(C)CC2C)c2nc(-c3cccc(NS(=O)Oc4cc(C)ccc4C)c3)[nH]n12. The van der Waals surface area contributed by atoms with E-state index in [0.29, 0.717) is 40.1 Å². The normalized spacial score (nSPS) is 19.5. The summed E-state index contributed by atoms with van der Waals surface area (Å²) >= 11 is -1.88. The van der Waals surface area contributed by atoms with Gasteiger partial charge in [0.05, 0.1) is 12.8 Å². The molecule has 1 fully saturated rings. The van der Waals surface area contributed by atoms with Crippen molar-refractivity contribution >= 4 is 34.5 Å². The van der Waals surface area contributed by atoms with E-state index in [-0.39, 0.29) is 40.6 Å². The summed E-state index contributed by atoms with van der Waals surface area (Å²) in [4.78, 5) is 32.3. The largest absolute Gasteiger partial charge is 0.496 e.